The lowest BCUT2D eigenvalue weighted by molar-refractivity contribution is 0.0214. The van der Waals surface area contributed by atoms with Crippen molar-refractivity contribution in [2.24, 2.45) is 0 Å². The zero-order valence-corrected chi connectivity index (χ0v) is 17.2. The van der Waals surface area contributed by atoms with E-state index in [1.54, 1.807) is 23.0 Å². The second kappa shape index (κ2) is 7.92. The molecule has 9 heteroatoms. The molecule has 3 aromatic heterocycles. The highest BCUT2D eigenvalue weighted by Crippen LogP contribution is 2.31. The molecule has 0 radical (unpaired) electrons. The van der Waals surface area contributed by atoms with Gasteiger partial charge in [-0.15, -0.1) is 10.2 Å². The maximum Gasteiger partial charge on any atom is 0.251 e. The van der Waals surface area contributed by atoms with Crippen LogP contribution in [0.3, 0.4) is 0 Å². The number of hydrogen-bond donors (Lipinski definition) is 1. The van der Waals surface area contributed by atoms with Crippen LogP contribution in [-0.2, 0) is 12.8 Å². The van der Waals surface area contributed by atoms with Crippen molar-refractivity contribution in [3.63, 3.8) is 0 Å². The molecular weight excluding hydrogens is 412 g/mol. The standard InChI is InChI=1S/C23H19F2N7/c1-23(24,25)14-20-19(22-26-11-4-12-32(22)29-20)13-15-7-9-16(10-8-15)17-5-2-3-6-18(17)21-27-30-31-28-21/h2-12H,13-14H2,1H3,(H,27,28,30,31). The van der Waals surface area contributed by atoms with Gasteiger partial charge in [-0.3, -0.25) is 0 Å². The maximum absolute atomic E-state index is 13.8. The van der Waals surface area contributed by atoms with E-state index in [0.717, 1.165) is 29.2 Å². The number of fused-ring (bicyclic) bond motifs is 1. The molecule has 0 atom stereocenters. The largest absolute Gasteiger partial charge is 0.251 e. The third kappa shape index (κ3) is 3.96. The first-order chi connectivity index (χ1) is 15.5. The Morgan fingerprint density at radius 1 is 1.00 bits per heavy atom. The molecule has 0 aliphatic heterocycles. The van der Waals surface area contributed by atoms with Crippen molar-refractivity contribution in [3.8, 4) is 22.5 Å². The Morgan fingerprint density at radius 3 is 2.50 bits per heavy atom. The van der Waals surface area contributed by atoms with Crippen LogP contribution in [0.1, 0.15) is 23.7 Å². The molecule has 32 heavy (non-hydrogen) atoms. The maximum atomic E-state index is 13.8. The number of H-pyrrole nitrogens is 1. The fourth-order valence-corrected chi connectivity index (χ4v) is 3.81. The molecule has 3 heterocycles. The van der Waals surface area contributed by atoms with E-state index in [4.69, 9.17) is 0 Å². The Morgan fingerprint density at radius 2 is 1.78 bits per heavy atom. The molecule has 0 spiro atoms. The molecule has 5 aromatic rings. The Hall–Kier alpha value is -4.01. The van der Waals surface area contributed by atoms with Gasteiger partial charge in [0.1, 0.15) is 0 Å². The second-order valence-corrected chi connectivity index (χ2v) is 7.71. The number of rotatable bonds is 6. The number of tetrazole rings is 1. The first-order valence-corrected chi connectivity index (χ1v) is 10.1. The molecule has 2 aromatic carbocycles. The monoisotopic (exact) mass is 431 g/mol. The number of nitrogens with zero attached hydrogens (tertiary/aromatic N) is 6. The summed E-state index contributed by atoms with van der Waals surface area (Å²) in [6.45, 7) is 0.907. The van der Waals surface area contributed by atoms with Crippen LogP contribution in [0, 0.1) is 0 Å². The van der Waals surface area contributed by atoms with Gasteiger partial charge in [-0.2, -0.15) is 10.3 Å². The molecule has 0 aliphatic carbocycles. The number of hydrogen-bond acceptors (Lipinski definition) is 5. The summed E-state index contributed by atoms with van der Waals surface area (Å²) in [4.78, 5) is 4.37. The topological polar surface area (TPSA) is 84.6 Å². The predicted molar refractivity (Wildman–Crippen MR) is 115 cm³/mol. The minimum absolute atomic E-state index is 0.364. The predicted octanol–water partition coefficient (Wildman–Crippen LogP) is 4.36. The van der Waals surface area contributed by atoms with E-state index in [1.165, 1.54) is 0 Å². The van der Waals surface area contributed by atoms with Gasteiger partial charge in [0.2, 0.25) is 5.82 Å². The minimum atomic E-state index is -2.85. The quantitative estimate of drug-likeness (QED) is 0.432. The number of aromatic nitrogens is 7. The normalized spacial score (nSPS) is 11.8. The van der Waals surface area contributed by atoms with E-state index in [0.29, 0.717) is 29.1 Å². The Labute approximate surface area is 182 Å². The van der Waals surface area contributed by atoms with E-state index in [-0.39, 0.29) is 0 Å². The minimum Gasteiger partial charge on any atom is -0.237 e. The highest BCUT2D eigenvalue weighted by molar-refractivity contribution is 5.80. The van der Waals surface area contributed by atoms with Crippen molar-refractivity contribution in [1.82, 2.24) is 35.2 Å². The Kier molecular flexibility index (Phi) is 4.93. The SMILES string of the molecule is CC(F)(F)Cc1nn2cccnc2c1Cc1ccc(-c2ccccc2-c2nn[nH]n2)cc1. The number of halogens is 2. The van der Waals surface area contributed by atoms with Gasteiger partial charge in [-0.05, 0) is 34.9 Å². The summed E-state index contributed by atoms with van der Waals surface area (Å²) < 4.78 is 29.1. The molecule has 7 nitrogen and oxygen atoms in total. The van der Waals surface area contributed by atoms with E-state index >= 15 is 0 Å². The molecule has 0 saturated heterocycles. The second-order valence-electron chi connectivity index (χ2n) is 7.71. The van der Waals surface area contributed by atoms with E-state index < -0.39 is 12.3 Å². The van der Waals surface area contributed by atoms with Crippen LogP contribution < -0.4 is 0 Å². The van der Waals surface area contributed by atoms with Gasteiger partial charge in [0, 0.05) is 29.9 Å². The Bertz CT molecular complexity index is 1350. The number of nitrogens with one attached hydrogen (secondary N) is 1. The zero-order valence-electron chi connectivity index (χ0n) is 17.2. The highest BCUT2D eigenvalue weighted by atomic mass is 19.3. The lowest BCUT2D eigenvalue weighted by Gasteiger charge is -2.10. The number of aromatic amines is 1. The molecule has 160 valence electrons. The van der Waals surface area contributed by atoms with E-state index in [9.17, 15) is 8.78 Å². The van der Waals surface area contributed by atoms with Crippen molar-refractivity contribution < 1.29 is 8.78 Å². The van der Waals surface area contributed by atoms with Crippen LogP contribution >= 0.6 is 0 Å². The number of benzene rings is 2. The smallest absolute Gasteiger partial charge is 0.237 e. The average Bonchev–Trinajstić information content (AvgIpc) is 3.42. The van der Waals surface area contributed by atoms with Crippen molar-refractivity contribution in [2.45, 2.75) is 25.7 Å². The van der Waals surface area contributed by atoms with Crippen molar-refractivity contribution in [3.05, 3.63) is 83.8 Å². The van der Waals surface area contributed by atoms with Gasteiger partial charge >= 0.3 is 0 Å². The van der Waals surface area contributed by atoms with Crippen LogP contribution in [-0.4, -0.2) is 41.1 Å². The number of alkyl halides is 2. The van der Waals surface area contributed by atoms with Crippen LogP contribution in [0.15, 0.2) is 67.0 Å². The summed E-state index contributed by atoms with van der Waals surface area (Å²) in [5.74, 6) is -2.33. The first kappa shape index (κ1) is 19.9. The van der Waals surface area contributed by atoms with Gasteiger partial charge < -0.3 is 0 Å². The first-order valence-electron chi connectivity index (χ1n) is 10.1. The molecular formula is C23H19F2N7. The van der Waals surface area contributed by atoms with Crippen LogP contribution in [0.4, 0.5) is 8.78 Å². The summed E-state index contributed by atoms with van der Waals surface area (Å²) in [5.41, 5.74) is 5.49. The van der Waals surface area contributed by atoms with Crippen molar-refractivity contribution in [1.29, 1.82) is 0 Å². The fraction of sp³-hybridized carbons (Fsp3) is 0.174. The third-order valence-electron chi connectivity index (χ3n) is 5.21. The van der Waals surface area contributed by atoms with E-state index in [2.05, 4.69) is 30.7 Å². The van der Waals surface area contributed by atoms with Gasteiger partial charge in [-0.1, -0.05) is 48.5 Å². The summed E-state index contributed by atoms with van der Waals surface area (Å²) in [6, 6.07) is 17.5. The lowest BCUT2D eigenvalue weighted by Crippen LogP contribution is -2.15. The fourth-order valence-electron chi connectivity index (χ4n) is 3.81. The molecule has 0 fully saturated rings. The summed E-state index contributed by atoms with van der Waals surface area (Å²) >= 11 is 0. The zero-order chi connectivity index (χ0) is 22.1. The molecule has 0 unspecified atom stereocenters. The van der Waals surface area contributed by atoms with Gasteiger partial charge in [0.15, 0.2) is 5.65 Å². The average molecular weight is 431 g/mol. The van der Waals surface area contributed by atoms with Gasteiger partial charge in [0.05, 0.1) is 12.1 Å². The summed E-state index contributed by atoms with van der Waals surface area (Å²) in [7, 11) is 0. The molecule has 0 amide bonds. The van der Waals surface area contributed by atoms with E-state index in [1.807, 2.05) is 48.5 Å². The highest BCUT2D eigenvalue weighted by Gasteiger charge is 2.27. The molecule has 0 saturated carbocycles. The van der Waals surface area contributed by atoms with Crippen molar-refractivity contribution in [2.75, 3.05) is 0 Å². The Balaban J connectivity index is 1.48. The summed E-state index contributed by atoms with van der Waals surface area (Å²) in [6.07, 6.45) is 3.40. The third-order valence-corrected chi connectivity index (χ3v) is 5.21. The van der Waals surface area contributed by atoms with Crippen molar-refractivity contribution >= 4 is 5.65 Å². The van der Waals surface area contributed by atoms with Crippen LogP contribution in [0.2, 0.25) is 0 Å². The molecule has 5 rings (SSSR count). The molecule has 0 aliphatic rings. The lowest BCUT2D eigenvalue weighted by atomic mass is 9.96. The van der Waals surface area contributed by atoms with Crippen LogP contribution in [0.25, 0.3) is 28.2 Å². The van der Waals surface area contributed by atoms with Gasteiger partial charge in [0.25, 0.3) is 5.92 Å². The molecule has 1 N–H and O–H groups in total. The van der Waals surface area contributed by atoms with Gasteiger partial charge in [-0.25, -0.2) is 18.3 Å². The van der Waals surface area contributed by atoms with Crippen LogP contribution in [0.5, 0.6) is 0 Å². The molecule has 0 bridgehead atoms. The summed E-state index contributed by atoms with van der Waals surface area (Å²) in [5, 5.41) is 18.6.